The number of hydrogen-bond acceptors (Lipinski definition) is 2. The first-order valence-electron chi connectivity index (χ1n) is 5.29. The minimum atomic E-state index is -4.45. The van der Waals surface area contributed by atoms with Gasteiger partial charge in [0.15, 0.2) is 5.69 Å². The Morgan fingerprint density at radius 2 is 1.83 bits per heavy atom. The topological polar surface area (TPSA) is 43.8 Å². The molecule has 96 valence electrons. The lowest BCUT2D eigenvalue weighted by molar-refractivity contribution is -0.141. The van der Waals surface area contributed by atoms with Gasteiger partial charge in [0.05, 0.1) is 11.4 Å². The molecule has 18 heavy (non-hydrogen) atoms. The quantitative estimate of drug-likeness (QED) is 0.796. The lowest BCUT2D eigenvalue weighted by Gasteiger charge is -2.09. The van der Waals surface area contributed by atoms with Crippen LogP contribution in [-0.4, -0.2) is 9.78 Å². The van der Waals surface area contributed by atoms with Crippen molar-refractivity contribution in [3.8, 4) is 5.69 Å². The van der Waals surface area contributed by atoms with Gasteiger partial charge in [0.2, 0.25) is 0 Å². The molecule has 0 bridgehead atoms. The largest absolute Gasteiger partial charge is 0.435 e. The van der Waals surface area contributed by atoms with E-state index in [1.165, 1.54) is 4.68 Å². The number of aryl methyl sites for hydroxylation is 2. The highest BCUT2D eigenvalue weighted by molar-refractivity contribution is 5.59. The van der Waals surface area contributed by atoms with Crippen molar-refractivity contribution >= 4 is 5.69 Å². The van der Waals surface area contributed by atoms with Crippen molar-refractivity contribution in [2.75, 3.05) is 5.73 Å². The van der Waals surface area contributed by atoms with E-state index >= 15 is 0 Å². The second-order valence-electron chi connectivity index (χ2n) is 4.14. The number of nitrogens with two attached hydrogens (primary N) is 1. The molecule has 6 heteroatoms. The molecule has 0 aliphatic carbocycles. The van der Waals surface area contributed by atoms with Crippen molar-refractivity contribution in [1.82, 2.24) is 9.78 Å². The highest BCUT2D eigenvalue weighted by Gasteiger charge is 2.34. The van der Waals surface area contributed by atoms with Crippen LogP contribution in [-0.2, 0) is 6.18 Å². The van der Waals surface area contributed by atoms with Crippen LogP contribution in [0.1, 0.15) is 17.0 Å². The van der Waals surface area contributed by atoms with Crippen LogP contribution < -0.4 is 5.73 Å². The van der Waals surface area contributed by atoms with Crippen LogP contribution in [0.3, 0.4) is 0 Å². The summed E-state index contributed by atoms with van der Waals surface area (Å²) in [6.45, 7) is 3.40. The fourth-order valence-corrected chi connectivity index (χ4v) is 1.69. The van der Waals surface area contributed by atoms with Gasteiger partial charge in [0, 0.05) is 5.69 Å². The van der Waals surface area contributed by atoms with Crippen LogP contribution in [0, 0.1) is 13.8 Å². The molecule has 1 aromatic carbocycles. The van der Waals surface area contributed by atoms with E-state index in [0.717, 1.165) is 11.6 Å². The van der Waals surface area contributed by atoms with Crippen molar-refractivity contribution in [2.24, 2.45) is 0 Å². The van der Waals surface area contributed by atoms with Crippen molar-refractivity contribution in [1.29, 1.82) is 0 Å². The van der Waals surface area contributed by atoms with Gasteiger partial charge in [-0.05, 0) is 37.6 Å². The average Bonchev–Trinajstić information content (AvgIpc) is 2.64. The summed E-state index contributed by atoms with van der Waals surface area (Å²) in [6, 6.07) is 6.15. The molecule has 0 amide bonds. The fourth-order valence-electron chi connectivity index (χ4n) is 1.69. The predicted octanol–water partition coefficient (Wildman–Crippen LogP) is 3.09. The molecule has 0 spiro atoms. The molecule has 0 aliphatic rings. The first-order valence-corrected chi connectivity index (χ1v) is 5.29. The van der Waals surface area contributed by atoms with Gasteiger partial charge in [-0.1, -0.05) is 6.07 Å². The summed E-state index contributed by atoms with van der Waals surface area (Å²) in [5.74, 6) is 0. The molecular weight excluding hydrogens is 243 g/mol. The van der Waals surface area contributed by atoms with E-state index in [4.69, 9.17) is 5.73 Å². The Balaban J connectivity index is 2.58. The molecule has 3 nitrogen and oxygen atoms in total. The molecular formula is C12H12F3N3. The monoisotopic (exact) mass is 255 g/mol. The maximum absolute atomic E-state index is 12.6. The minimum Gasteiger partial charge on any atom is -0.397 e. The van der Waals surface area contributed by atoms with Crippen LogP contribution in [0.5, 0.6) is 0 Å². The molecule has 0 aliphatic heterocycles. The van der Waals surface area contributed by atoms with Crippen molar-refractivity contribution in [2.45, 2.75) is 20.0 Å². The minimum absolute atomic E-state index is 0.389. The number of benzene rings is 1. The Morgan fingerprint density at radius 1 is 1.17 bits per heavy atom. The van der Waals surface area contributed by atoms with Crippen LogP contribution >= 0.6 is 0 Å². The summed E-state index contributed by atoms with van der Waals surface area (Å²) in [5.41, 5.74) is 7.00. The number of halogens is 3. The van der Waals surface area contributed by atoms with Crippen molar-refractivity contribution < 1.29 is 13.2 Å². The zero-order valence-corrected chi connectivity index (χ0v) is 9.92. The number of nitrogen functional groups attached to an aromatic ring is 1. The molecule has 2 rings (SSSR count). The highest BCUT2D eigenvalue weighted by atomic mass is 19.4. The van der Waals surface area contributed by atoms with Gasteiger partial charge >= 0.3 is 6.18 Å². The fraction of sp³-hybridized carbons (Fsp3) is 0.250. The highest BCUT2D eigenvalue weighted by Crippen LogP contribution is 2.30. The third kappa shape index (κ3) is 2.18. The summed E-state index contributed by atoms with van der Waals surface area (Å²) < 4.78 is 38.9. The standard InChI is InChI=1S/C12H12F3N3/c1-7-3-4-9(16)10(5-7)18-8(2)6-11(17-18)12(13,14)15/h3-6H,16H2,1-2H3. The molecule has 0 unspecified atom stereocenters. The number of anilines is 1. The Labute approximate surface area is 102 Å². The van der Waals surface area contributed by atoms with Gasteiger partial charge in [0.25, 0.3) is 0 Å². The van der Waals surface area contributed by atoms with Gasteiger partial charge < -0.3 is 5.73 Å². The number of rotatable bonds is 1. The smallest absolute Gasteiger partial charge is 0.397 e. The molecule has 1 heterocycles. The lowest BCUT2D eigenvalue weighted by Crippen LogP contribution is -2.08. The molecule has 2 N–H and O–H groups in total. The lowest BCUT2D eigenvalue weighted by atomic mass is 10.2. The maximum atomic E-state index is 12.6. The van der Waals surface area contributed by atoms with Crippen LogP contribution in [0.15, 0.2) is 24.3 Å². The molecule has 0 fully saturated rings. The number of hydrogen-bond donors (Lipinski definition) is 1. The van der Waals surface area contributed by atoms with Gasteiger partial charge in [-0.25, -0.2) is 4.68 Å². The van der Waals surface area contributed by atoms with Crippen molar-refractivity contribution in [3.63, 3.8) is 0 Å². The molecule has 0 saturated carbocycles. The Kier molecular flexibility index (Phi) is 2.80. The molecule has 0 saturated heterocycles. The maximum Gasteiger partial charge on any atom is 0.435 e. The zero-order chi connectivity index (χ0) is 13.5. The van der Waals surface area contributed by atoms with E-state index in [1.54, 1.807) is 25.1 Å². The van der Waals surface area contributed by atoms with Crippen LogP contribution in [0.25, 0.3) is 5.69 Å². The molecule has 0 radical (unpaired) electrons. The summed E-state index contributed by atoms with van der Waals surface area (Å²) in [4.78, 5) is 0. The first-order chi connectivity index (χ1) is 8.29. The second kappa shape index (κ2) is 4.04. The summed E-state index contributed by atoms with van der Waals surface area (Å²) in [5, 5.41) is 3.56. The normalized spacial score (nSPS) is 11.8. The number of nitrogens with zero attached hydrogens (tertiary/aromatic N) is 2. The third-order valence-electron chi connectivity index (χ3n) is 2.59. The van der Waals surface area contributed by atoms with E-state index in [-0.39, 0.29) is 0 Å². The Morgan fingerprint density at radius 3 is 2.39 bits per heavy atom. The number of alkyl halides is 3. The number of aromatic nitrogens is 2. The SMILES string of the molecule is Cc1ccc(N)c(-n2nc(C(F)(F)F)cc2C)c1. The second-order valence-corrected chi connectivity index (χ2v) is 4.14. The Hall–Kier alpha value is -1.98. The Bertz CT molecular complexity index is 585. The summed E-state index contributed by atoms with van der Waals surface area (Å²) in [6.07, 6.45) is -4.45. The van der Waals surface area contributed by atoms with Gasteiger partial charge in [0.1, 0.15) is 0 Å². The average molecular weight is 255 g/mol. The molecule has 2 aromatic rings. The van der Waals surface area contributed by atoms with Gasteiger partial charge in [-0.2, -0.15) is 18.3 Å². The van der Waals surface area contributed by atoms with Gasteiger partial charge in [-0.3, -0.25) is 0 Å². The summed E-state index contributed by atoms with van der Waals surface area (Å²) >= 11 is 0. The van der Waals surface area contributed by atoms with E-state index in [2.05, 4.69) is 5.10 Å². The third-order valence-corrected chi connectivity index (χ3v) is 2.59. The van der Waals surface area contributed by atoms with E-state index in [9.17, 15) is 13.2 Å². The summed E-state index contributed by atoms with van der Waals surface area (Å²) in [7, 11) is 0. The van der Waals surface area contributed by atoms with E-state index in [1.807, 2.05) is 6.92 Å². The zero-order valence-electron chi connectivity index (χ0n) is 9.92. The van der Waals surface area contributed by atoms with Crippen LogP contribution in [0.2, 0.25) is 0 Å². The van der Waals surface area contributed by atoms with Gasteiger partial charge in [-0.15, -0.1) is 0 Å². The predicted molar refractivity (Wildman–Crippen MR) is 62.5 cm³/mol. The van der Waals surface area contributed by atoms with E-state index in [0.29, 0.717) is 17.1 Å². The van der Waals surface area contributed by atoms with Crippen LogP contribution in [0.4, 0.5) is 18.9 Å². The molecule has 1 aromatic heterocycles. The van der Waals surface area contributed by atoms with E-state index < -0.39 is 11.9 Å². The van der Waals surface area contributed by atoms with Crippen molar-refractivity contribution in [3.05, 3.63) is 41.2 Å². The first kappa shape index (κ1) is 12.5. The molecule has 0 atom stereocenters.